The SMILES string of the molecule is COc1ccc2occ(C(c3c[nH]c4ccccc34)c3c[nH]c4ccccc34)c(=O)c2c1. The molecular weight excluding hydrogens is 400 g/mol. The fourth-order valence-electron chi connectivity index (χ4n) is 4.62. The summed E-state index contributed by atoms with van der Waals surface area (Å²) >= 11 is 0. The Balaban J connectivity index is 1.68. The topological polar surface area (TPSA) is 71.0 Å². The third-order valence-electron chi connectivity index (χ3n) is 6.18. The van der Waals surface area contributed by atoms with Gasteiger partial charge in [0.2, 0.25) is 0 Å². The largest absolute Gasteiger partial charge is 0.497 e. The van der Waals surface area contributed by atoms with Gasteiger partial charge in [-0.25, -0.2) is 0 Å². The summed E-state index contributed by atoms with van der Waals surface area (Å²) in [5, 5.41) is 2.66. The van der Waals surface area contributed by atoms with E-state index < -0.39 is 0 Å². The molecule has 0 saturated heterocycles. The van der Waals surface area contributed by atoms with E-state index in [1.807, 2.05) is 48.8 Å². The lowest BCUT2D eigenvalue weighted by Gasteiger charge is -2.17. The van der Waals surface area contributed by atoms with Crippen molar-refractivity contribution in [2.45, 2.75) is 5.92 Å². The molecule has 0 saturated carbocycles. The van der Waals surface area contributed by atoms with E-state index in [9.17, 15) is 4.79 Å². The predicted octanol–water partition coefficient (Wildman–Crippen LogP) is 5.94. The van der Waals surface area contributed by atoms with Gasteiger partial charge in [-0.3, -0.25) is 4.79 Å². The summed E-state index contributed by atoms with van der Waals surface area (Å²) in [5.74, 6) is 0.312. The number of aromatic amines is 2. The van der Waals surface area contributed by atoms with Crippen LogP contribution < -0.4 is 10.2 Å². The van der Waals surface area contributed by atoms with E-state index in [0.29, 0.717) is 22.3 Å². The first-order chi connectivity index (χ1) is 15.7. The molecule has 5 nitrogen and oxygen atoms in total. The molecule has 0 radical (unpaired) electrons. The number of ether oxygens (including phenoxy) is 1. The van der Waals surface area contributed by atoms with Crippen molar-refractivity contribution in [1.82, 2.24) is 9.97 Å². The lowest BCUT2D eigenvalue weighted by molar-refractivity contribution is 0.415. The lowest BCUT2D eigenvalue weighted by atomic mass is 9.85. The maximum absolute atomic E-state index is 13.8. The van der Waals surface area contributed by atoms with E-state index in [1.54, 1.807) is 31.6 Å². The average Bonchev–Trinajstić information content (AvgIpc) is 3.46. The van der Waals surface area contributed by atoms with Crippen LogP contribution >= 0.6 is 0 Å². The molecule has 5 heteroatoms. The minimum absolute atomic E-state index is 0.0642. The highest BCUT2D eigenvalue weighted by Crippen LogP contribution is 2.38. The summed E-state index contributed by atoms with van der Waals surface area (Å²) in [4.78, 5) is 20.5. The van der Waals surface area contributed by atoms with E-state index in [4.69, 9.17) is 9.15 Å². The molecule has 0 fully saturated rings. The third kappa shape index (κ3) is 2.75. The highest BCUT2D eigenvalue weighted by molar-refractivity contribution is 5.89. The zero-order chi connectivity index (χ0) is 21.7. The second kappa shape index (κ2) is 7.17. The zero-order valence-corrected chi connectivity index (χ0v) is 17.4. The Morgan fingerprint density at radius 3 is 2.03 bits per heavy atom. The van der Waals surface area contributed by atoms with Gasteiger partial charge in [-0.15, -0.1) is 0 Å². The van der Waals surface area contributed by atoms with Crippen molar-refractivity contribution in [2.24, 2.45) is 0 Å². The monoisotopic (exact) mass is 420 g/mol. The van der Waals surface area contributed by atoms with Crippen LogP contribution in [0.1, 0.15) is 22.6 Å². The Bertz CT molecular complexity index is 1580. The molecule has 3 heterocycles. The number of para-hydroxylation sites is 2. The zero-order valence-electron chi connectivity index (χ0n) is 17.4. The van der Waals surface area contributed by atoms with Crippen LogP contribution in [-0.2, 0) is 0 Å². The Labute approximate surface area is 183 Å². The molecule has 0 atom stereocenters. The normalized spacial score (nSPS) is 11.7. The molecule has 156 valence electrons. The molecule has 0 unspecified atom stereocenters. The molecule has 0 amide bonds. The van der Waals surface area contributed by atoms with Gasteiger partial charge in [0.15, 0.2) is 5.43 Å². The number of H-pyrrole nitrogens is 2. The molecule has 0 aliphatic heterocycles. The molecule has 2 N–H and O–H groups in total. The maximum Gasteiger partial charge on any atom is 0.196 e. The highest BCUT2D eigenvalue weighted by Gasteiger charge is 2.26. The number of fused-ring (bicyclic) bond motifs is 3. The number of benzene rings is 3. The second-order valence-corrected chi connectivity index (χ2v) is 7.89. The molecule has 32 heavy (non-hydrogen) atoms. The van der Waals surface area contributed by atoms with Gasteiger partial charge in [0, 0.05) is 45.7 Å². The number of nitrogens with one attached hydrogen (secondary N) is 2. The van der Waals surface area contributed by atoms with Gasteiger partial charge >= 0.3 is 0 Å². The van der Waals surface area contributed by atoms with E-state index in [0.717, 1.165) is 32.9 Å². The lowest BCUT2D eigenvalue weighted by Crippen LogP contribution is -2.15. The molecular formula is C27H20N2O3. The van der Waals surface area contributed by atoms with E-state index in [1.165, 1.54) is 0 Å². The molecule has 0 bridgehead atoms. The van der Waals surface area contributed by atoms with Crippen LogP contribution in [0.25, 0.3) is 32.8 Å². The van der Waals surface area contributed by atoms with Gasteiger partial charge in [-0.1, -0.05) is 36.4 Å². The van der Waals surface area contributed by atoms with Crippen molar-refractivity contribution in [3.8, 4) is 5.75 Å². The first-order valence-corrected chi connectivity index (χ1v) is 10.5. The molecule has 0 spiro atoms. The number of methoxy groups -OCH3 is 1. The van der Waals surface area contributed by atoms with Gasteiger partial charge in [-0.05, 0) is 41.5 Å². The number of hydrogen-bond acceptors (Lipinski definition) is 3. The number of rotatable bonds is 4. The van der Waals surface area contributed by atoms with Crippen molar-refractivity contribution in [3.05, 3.63) is 112 Å². The summed E-state index contributed by atoms with van der Waals surface area (Å²) in [6.07, 6.45) is 5.59. The van der Waals surface area contributed by atoms with E-state index in [2.05, 4.69) is 22.1 Å². The first kappa shape index (κ1) is 18.5. The molecule has 3 aromatic carbocycles. The first-order valence-electron chi connectivity index (χ1n) is 10.5. The summed E-state index contributed by atoms with van der Waals surface area (Å²) in [6, 6.07) is 21.6. The van der Waals surface area contributed by atoms with Gasteiger partial charge in [0.05, 0.1) is 18.8 Å². The van der Waals surface area contributed by atoms with Crippen LogP contribution in [0.15, 0.2) is 94.6 Å². The Morgan fingerprint density at radius 2 is 1.41 bits per heavy atom. The van der Waals surface area contributed by atoms with Crippen molar-refractivity contribution >= 4 is 32.8 Å². The average molecular weight is 420 g/mol. The summed E-state index contributed by atoms with van der Waals surface area (Å²) in [7, 11) is 1.59. The van der Waals surface area contributed by atoms with Gasteiger partial charge in [0.1, 0.15) is 11.3 Å². The second-order valence-electron chi connectivity index (χ2n) is 7.89. The van der Waals surface area contributed by atoms with Crippen molar-refractivity contribution in [3.63, 3.8) is 0 Å². The predicted molar refractivity (Wildman–Crippen MR) is 127 cm³/mol. The minimum atomic E-state index is -0.311. The van der Waals surface area contributed by atoms with Crippen molar-refractivity contribution in [1.29, 1.82) is 0 Å². The summed E-state index contributed by atoms with van der Waals surface area (Å²) in [6.45, 7) is 0. The van der Waals surface area contributed by atoms with Crippen LogP contribution in [-0.4, -0.2) is 17.1 Å². The molecule has 3 aromatic heterocycles. The highest BCUT2D eigenvalue weighted by atomic mass is 16.5. The Kier molecular flexibility index (Phi) is 4.15. The van der Waals surface area contributed by atoms with Gasteiger partial charge < -0.3 is 19.1 Å². The van der Waals surface area contributed by atoms with Crippen LogP contribution in [0.5, 0.6) is 5.75 Å². The minimum Gasteiger partial charge on any atom is -0.497 e. The van der Waals surface area contributed by atoms with Crippen LogP contribution in [0.2, 0.25) is 0 Å². The van der Waals surface area contributed by atoms with E-state index in [-0.39, 0.29) is 11.3 Å². The van der Waals surface area contributed by atoms with Gasteiger partial charge in [-0.2, -0.15) is 0 Å². The Morgan fingerprint density at radius 1 is 0.781 bits per heavy atom. The number of hydrogen-bond donors (Lipinski definition) is 2. The van der Waals surface area contributed by atoms with Crippen molar-refractivity contribution < 1.29 is 9.15 Å². The third-order valence-corrected chi connectivity index (χ3v) is 6.18. The quantitative estimate of drug-likeness (QED) is 0.370. The summed E-state index contributed by atoms with van der Waals surface area (Å²) in [5.41, 5.74) is 5.17. The molecule has 0 aliphatic rings. The van der Waals surface area contributed by atoms with Crippen LogP contribution in [0, 0.1) is 0 Å². The van der Waals surface area contributed by atoms with E-state index >= 15 is 0 Å². The fourth-order valence-corrected chi connectivity index (χ4v) is 4.62. The Hall–Kier alpha value is -4.25. The fraction of sp³-hybridized carbons (Fsp3) is 0.0741. The standard InChI is InChI=1S/C27H20N2O3/c1-31-16-10-11-25-19(12-16)27(30)22(15-32-25)26(20-13-28-23-8-4-2-6-17(20)23)21-14-29-24-9-5-3-7-18(21)24/h2-15,26,28-29H,1H3. The summed E-state index contributed by atoms with van der Waals surface area (Å²) < 4.78 is 11.3. The van der Waals surface area contributed by atoms with Gasteiger partial charge in [0.25, 0.3) is 0 Å². The number of aromatic nitrogens is 2. The maximum atomic E-state index is 13.8. The molecule has 6 rings (SSSR count). The molecule has 6 aromatic rings. The molecule has 0 aliphatic carbocycles. The van der Waals surface area contributed by atoms with Crippen LogP contribution in [0.3, 0.4) is 0 Å². The smallest absolute Gasteiger partial charge is 0.196 e. The van der Waals surface area contributed by atoms with Crippen molar-refractivity contribution in [2.75, 3.05) is 7.11 Å². The van der Waals surface area contributed by atoms with Crippen LogP contribution in [0.4, 0.5) is 0 Å².